The molecular formula is C16H21N3O. The zero-order valence-electron chi connectivity index (χ0n) is 11.7. The van der Waals surface area contributed by atoms with E-state index in [1.165, 1.54) is 24.1 Å². The molecule has 3 rings (SSSR count). The van der Waals surface area contributed by atoms with Crippen LogP contribution in [0.5, 0.6) is 0 Å². The molecule has 4 heteroatoms. The van der Waals surface area contributed by atoms with Crippen LogP contribution in [0.15, 0.2) is 42.7 Å². The van der Waals surface area contributed by atoms with Gasteiger partial charge < -0.3 is 10.0 Å². The van der Waals surface area contributed by atoms with Crippen molar-refractivity contribution in [2.24, 2.45) is 0 Å². The number of anilines is 1. The van der Waals surface area contributed by atoms with Crippen LogP contribution in [0.25, 0.3) is 0 Å². The van der Waals surface area contributed by atoms with Crippen molar-refractivity contribution in [3.05, 3.63) is 48.3 Å². The Balaban J connectivity index is 1.70. The van der Waals surface area contributed by atoms with Crippen LogP contribution in [-0.4, -0.2) is 34.1 Å². The third-order valence-electron chi connectivity index (χ3n) is 3.84. The van der Waals surface area contributed by atoms with Gasteiger partial charge in [-0.25, -0.2) is 0 Å². The zero-order valence-corrected chi connectivity index (χ0v) is 11.7. The molecule has 0 aliphatic carbocycles. The number of para-hydroxylation sites is 1. The van der Waals surface area contributed by atoms with Gasteiger partial charge in [0.1, 0.15) is 0 Å². The topological polar surface area (TPSA) is 41.3 Å². The van der Waals surface area contributed by atoms with Gasteiger partial charge in [-0.3, -0.25) is 4.68 Å². The fourth-order valence-electron chi connectivity index (χ4n) is 2.90. The van der Waals surface area contributed by atoms with Gasteiger partial charge in [-0.2, -0.15) is 5.10 Å². The molecule has 1 aliphatic heterocycles. The maximum atomic E-state index is 10.3. The number of aliphatic hydroxyl groups excluding tert-OH is 1. The molecule has 1 atom stereocenters. The number of β-amino-alcohol motifs (C(OH)–C–C–N with tert-alkyl or cyclic N) is 1. The minimum atomic E-state index is -0.402. The number of nitrogens with zero attached hydrogens (tertiary/aromatic N) is 3. The minimum absolute atomic E-state index is 0.402. The molecule has 0 saturated heterocycles. The predicted octanol–water partition coefficient (Wildman–Crippen LogP) is 2.09. The molecule has 0 amide bonds. The van der Waals surface area contributed by atoms with Crippen LogP contribution in [0.4, 0.5) is 5.69 Å². The summed E-state index contributed by atoms with van der Waals surface area (Å²) in [6, 6.07) is 10.4. The highest BCUT2D eigenvalue weighted by molar-refractivity contribution is 5.54. The molecule has 1 unspecified atom stereocenters. The summed E-state index contributed by atoms with van der Waals surface area (Å²) in [5.41, 5.74) is 2.68. The summed E-state index contributed by atoms with van der Waals surface area (Å²) in [6.07, 6.45) is 6.78. The van der Waals surface area contributed by atoms with Crippen LogP contribution in [0.2, 0.25) is 0 Å². The lowest BCUT2D eigenvalue weighted by Crippen LogP contribution is -2.35. The summed E-state index contributed by atoms with van der Waals surface area (Å²) in [7, 11) is 0. The van der Waals surface area contributed by atoms with Crippen molar-refractivity contribution in [3.8, 4) is 0 Å². The van der Waals surface area contributed by atoms with E-state index in [2.05, 4.69) is 34.3 Å². The first-order valence-corrected chi connectivity index (χ1v) is 7.31. The number of aliphatic hydroxyl groups is 1. The summed E-state index contributed by atoms with van der Waals surface area (Å²) in [4.78, 5) is 2.32. The normalized spacial score (nSPS) is 16.6. The Bertz CT molecular complexity index is 538. The van der Waals surface area contributed by atoms with Gasteiger partial charge in [0.25, 0.3) is 0 Å². The predicted molar refractivity (Wildman–Crippen MR) is 79.8 cm³/mol. The first-order chi connectivity index (χ1) is 9.83. The van der Waals surface area contributed by atoms with Crippen LogP contribution in [0, 0.1) is 0 Å². The molecular weight excluding hydrogens is 250 g/mol. The zero-order chi connectivity index (χ0) is 13.8. The average Bonchev–Trinajstić information content (AvgIpc) is 2.87. The van der Waals surface area contributed by atoms with E-state index in [4.69, 9.17) is 0 Å². The molecule has 1 aliphatic rings. The molecule has 4 nitrogen and oxygen atoms in total. The number of hydrogen-bond acceptors (Lipinski definition) is 3. The number of benzene rings is 1. The van der Waals surface area contributed by atoms with Gasteiger partial charge in [0, 0.05) is 31.2 Å². The number of hydrogen-bond donors (Lipinski definition) is 1. The molecule has 1 aromatic carbocycles. The van der Waals surface area contributed by atoms with Crippen LogP contribution in [-0.2, 0) is 13.0 Å². The summed E-state index contributed by atoms with van der Waals surface area (Å²) in [6.45, 7) is 2.23. The lowest BCUT2D eigenvalue weighted by molar-refractivity contribution is 0.154. The highest BCUT2D eigenvalue weighted by atomic mass is 16.3. The van der Waals surface area contributed by atoms with Gasteiger partial charge >= 0.3 is 0 Å². The summed E-state index contributed by atoms with van der Waals surface area (Å²) in [5.74, 6) is 0. The Morgan fingerprint density at radius 2 is 2.05 bits per heavy atom. The average molecular weight is 271 g/mol. The fourth-order valence-corrected chi connectivity index (χ4v) is 2.90. The van der Waals surface area contributed by atoms with Crippen LogP contribution < -0.4 is 4.90 Å². The number of aryl methyl sites for hydroxylation is 1. The van der Waals surface area contributed by atoms with Crippen LogP contribution in [0.1, 0.15) is 18.4 Å². The standard InChI is InChI=1S/C16H21N3O/c20-15(13-19-11-5-9-17-19)12-18-10-4-3-7-14-6-1-2-8-16(14)18/h1-2,5-6,8-9,11,15,20H,3-4,7,10,12-13H2. The van der Waals surface area contributed by atoms with E-state index < -0.39 is 6.10 Å². The van der Waals surface area contributed by atoms with Crippen molar-refractivity contribution < 1.29 is 5.11 Å². The first kappa shape index (κ1) is 13.2. The number of aromatic nitrogens is 2. The molecule has 0 radical (unpaired) electrons. The van der Waals surface area contributed by atoms with Crippen molar-refractivity contribution in [3.63, 3.8) is 0 Å². The molecule has 2 aromatic rings. The minimum Gasteiger partial charge on any atom is -0.389 e. The SMILES string of the molecule is OC(CN1CCCCc2ccccc21)Cn1cccn1. The second-order valence-electron chi connectivity index (χ2n) is 5.41. The van der Waals surface area contributed by atoms with Crippen molar-refractivity contribution in [2.75, 3.05) is 18.0 Å². The van der Waals surface area contributed by atoms with Crippen LogP contribution in [0.3, 0.4) is 0 Å². The van der Waals surface area contributed by atoms with E-state index in [9.17, 15) is 5.11 Å². The van der Waals surface area contributed by atoms with Gasteiger partial charge in [-0.1, -0.05) is 18.2 Å². The summed E-state index contributed by atoms with van der Waals surface area (Å²) in [5, 5.41) is 14.4. The first-order valence-electron chi connectivity index (χ1n) is 7.31. The van der Waals surface area contributed by atoms with E-state index >= 15 is 0 Å². The molecule has 0 bridgehead atoms. The van der Waals surface area contributed by atoms with E-state index in [0.717, 1.165) is 13.0 Å². The third-order valence-corrected chi connectivity index (χ3v) is 3.84. The van der Waals surface area contributed by atoms with E-state index in [1.807, 2.05) is 12.3 Å². The monoisotopic (exact) mass is 271 g/mol. The second kappa shape index (κ2) is 6.09. The van der Waals surface area contributed by atoms with Crippen LogP contribution >= 0.6 is 0 Å². The Labute approximate surface area is 119 Å². The van der Waals surface area contributed by atoms with Gasteiger partial charge in [0.2, 0.25) is 0 Å². The molecule has 0 spiro atoms. The third kappa shape index (κ3) is 3.02. The lowest BCUT2D eigenvalue weighted by Gasteiger charge is -2.27. The largest absolute Gasteiger partial charge is 0.389 e. The quantitative estimate of drug-likeness (QED) is 0.925. The molecule has 1 N–H and O–H groups in total. The second-order valence-corrected chi connectivity index (χ2v) is 5.41. The van der Waals surface area contributed by atoms with Gasteiger partial charge in [-0.05, 0) is 37.0 Å². The maximum absolute atomic E-state index is 10.3. The Morgan fingerprint density at radius 1 is 1.15 bits per heavy atom. The Morgan fingerprint density at radius 3 is 2.90 bits per heavy atom. The number of fused-ring (bicyclic) bond motifs is 1. The molecule has 1 aromatic heterocycles. The van der Waals surface area contributed by atoms with Gasteiger partial charge in [-0.15, -0.1) is 0 Å². The Hall–Kier alpha value is -1.81. The van der Waals surface area contributed by atoms with Crippen molar-refractivity contribution in [1.29, 1.82) is 0 Å². The molecule has 2 heterocycles. The smallest absolute Gasteiger partial charge is 0.0910 e. The number of rotatable bonds is 4. The highest BCUT2D eigenvalue weighted by Crippen LogP contribution is 2.26. The molecule has 0 saturated carbocycles. The molecule has 0 fully saturated rings. The summed E-state index contributed by atoms with van der Waals surface area (Å²) >= 11 is 0. The summed E-state index contributed by atoms with van der Waals surface area (Å²) < 4.78 is 1.79. The lowest BCUT2D eigenvalue weighted by atomic mass is 10.1. The van der Waals surface area contributed by atoms with Gasteiger partial charge in [0.05, 0.1) is 12.6 Å². The van der Waals surface area contributed by atoms with Crippen molar-refractivity contribution in [1.82, 2.24) is 9.78 Å². The fraction of sp³-hybridized carbons (Fsp3) is 0.438. The highest BCUT2D eigenvalue weighted by Gasteiger charge is 2.18. The Kier molecular flexibility index (Phi) is 4.02. The van der Waals surface area contributed by atoms with E-state index in [1.54, 1.807) is 10.9 Å². The molecule has 106 valence electrons. The van der Waals surface area contributed by atoms with Crippen molar-refractivity contribution in [2.45, 2.75) is 31.9 Å². The maximum Gasteiger partial charge on any atom is 0.0910 e. The van der Waals surface area contributed by atoms with E-state index in [0.29, 0.717) is 13.1 Å². The molecule has 20 heavy (non-hydrogen) atoms. The van der Waals surface area contributed by atoms with Gasteiger partial charge in [0.15, 0.2) is 0 Å². The van der Waals surface area contributed by atoms with Crippen molar-refractivity contribution >= 4 is 5.69 Å². The van der Waals surface area contributed by atoms with E-state index in [-0.39, 0.29) is 0 Å².